The molecule has 0 aromatic heterocycles. The van der Waals surface area contributed by atoms with Gasteiger partial charge in [-0.25, -0.2) is 0 Å². The second kappa shape index (κ2) is 6.86. The molecule has 24 heavy (non-hydrogen) atoms. The highest BCUT2D eigenvalue weighted by Gasteiger charge is 2.45. The van der Waals surface area contributed by atoms with Crippen LogP contribution in [0.25, 0.3) is 0 Å². The molecule has 0 heterocycles. The Labute approximate surface area is 148 Å². The van der Waals surface area contributed by atoms with Crippen LogP contribution in [0.4, 0.5) is 0 Å². The van der Waals surface area contributed by atoms with Gasteiger partial charge in [0.25, 0.3) is 0 Å². The topological polar surface area (TPSA) is 26.3 Å². The maximum Gasteiger partial charge on any atom is 0.183 e. The fraction of sp³-hybridized carbons (Fsp3) is 0.571. The van der Waals surface area contributed by atoms with Gasteiger partial charge in [-0.3, -0.25) is 4.79 Å². The molecule has 2 aliphatic rings. The Morgan fingerprint density at radius 1 is 1.08 bits per heavy atom. The Bertz CT molecular complexity index is 666. The van der Waals surface area contributed by atoms with Crippen LogP contribution in [0.15, 0.2) is 35.5 Å². The van der Waals surface area contributed by atoms with Crippen LogP contribution in [0.3, 0.4) is 0 Å². The first-order chi connectivity index (χ1) is 11.1. The van der Waals surface area contributed by atoms with E-state index in [1.54, 1.807) is 0 Å². The molecule has 0 radical (unpaired) electrons. The van der Waals surface area contributed by atoms with E-state index in [0.29, 0.717) is 0 Å². The number of ketones is 1. The minimum Gasteiger partial charge on any atom is -0.417 e. The monoisotopic (exact) mass is 342 g/mol. The summed E-state index contributed by atoms with van der Waals surface area (Å²) in [7, 11) is -1.43. The molecule has 0 aliphatic heterocycles. The summed E-state index contributed by atoms with van der Waals surface area (Å²) in [6.45, 7) is 13.5. The van der Waals surface area contributed by atoms with Crippen LogP contribution in [-0.4, -0.2) is 20.7 Å². The molecular formula is C21H30O2Si. The molecule has 130 valence electrons. The number of allylic oxidation sites excluding steroid dienone is 6. The van der Waals surface area contributed by atoms with E-state index in [9.17, 15) is 4.79 Å². The molecule has 0 bridgehead atoms. The van der Waals surface area contributed by atoms with Crippen molar-refractivity contribution >= 4 is 14.1 Å². The quantitative estimate of drug-likeness (QED) is 0.302. The molecule has 2 unspecified atom stereocenters. The Hall–Kier alpha value is -1.37. The Kier molecular flexibility index (Phi) is 5.42. The van der Waals surface area contributed by atoms with Gasteiger partial charge in [0, 0.05) is 35.9 Å². The first-order valence-electron chi connectivity index (χ1n) is 8.83. The first-order valence-corrected chi connectivity index (χ1v) is 12.2. The van der Waals surface area contributed by atoms with Gasteiger partial charge in [0.2, 0.25) is 0 Å². The molecule has 2 atom stereocenters. The molecule has 2 rings (SSSR count). The summed E-state index contributed by atoms with van der Waals surface area (Å²) in [6.07, 6.45) is 10.7. The lowest BCUT2D eigenvalue weighted by molar-refractivity contribution is -0.123. The molecule has 0 saturated heterocycles. The summed E-state index contributed by atoms with van der Waals surface area (Å²) < 4.78 is 5.79. The van der Waals surface area contributed by atoms with Gasteiger partial charge in [-0.1, -0.05) is 29.9 Å². The lowest BCUT2D eigenvalue weighted by atomic mass is 9.64. The number of rotatable bonds is 5. The largest absolute Gasteiger partial charge is 0.417 e. The second-order valence-corrected chi connectivity index (χ2v) is 12.8. The van der Waals surface area contributed by atoms with Crippen molar-refractivity contribution in [1.29, 1.82) is 0 Å². The third kappa shape index (κ3) is 3.99. The molecule has 3 heteroatoms. The molecule has 0 aromatic carbocycles. The van der Waals surface area contributed by atoms with E-state index < -0.39 is 13.7 Å². The van der Waals surface area contributed by atoms with Crippen LogP contribution in [-0.2, 0) is 9.22 Å². The number of fused-ring (bicyclic) bond motifs is 1. The zero-order valence-corrected chi connectivity index (χ0v) is 17.0. The van der Waals surface area contributed by atoms with Gasteiger partial charge in [0.15, 0.2) is 14.1 Å². The minimum absolute atomic E-state index is 0.198. The summed E-state index contributed by atoms with van der Waals surface area (Å²) in [5, 5.41) is 0. The first kappa shape index (κ1) is 19.0. The fourth-order valence-corrected chi connectivity index (χ4v) is 3.85. The molecule has 0 spiro atoms. The van der Waals surface area contributed by atoms with Gasteiger partial charge in [-0.15, -0.1) is 11.8 Å². The normalized spacial score (nSPS) is 28.8. The van der Waals surface area contributed by atoms with E-state index in [0.717, 1.165) is 31.4 Å². The van der Waals surface area contributed by atoms with Gasteiger partial charge in [0.05, 0.1) is 0 Å². The zero-order valence-electron chi connectivity index (χ0n) is 16.0. The van der Waals surface area contributed by atoms with Crippen molar-refractivity contribution in [2.24, 2.45) is 10.8 Å². The number of hydrogen-bond acceptors (Lipinski definition) is 2. The fourth-order valence-electron chi connectivity index (χ4n) is 3.14. The molecule has 0 fully saturated rings. The van der Waals surface area contributed by atoms with Gasteiger partial charge < -0.3 is 4.43 Å². The summed E-state index contributed by atoms with van der Waals surface area (Å²) in [5.74, 6) is 6.64. The van der Waals surface area contributed by atoms with Crippen molar-refractivity contribution in [2.75, 3.05) is 6.61 Å². The third-order valence-corrected chi connectivity index (χ3v) is 6.15. The van der Waals surface area contributed by atoms with Crippen LogP contribution in [0.5, 0.6) is 0 Å². The van der Waals surface area contributed by atoms with E-state index in [-0.39, 0.29) is 11.2 Å². The molecule has 0 amide bonds. The van der Waals surface area contributed by atoms with E-state index in [1.807, 2.05) is 13.0 Å². The average molecular weight is 343 g/mol. The number of Topliss-reactive ketones (excluding diaryl/α,β-unsaturated/α-hetero) is 1. The van der Waals surface area contributed by atoms with Crippen LogP contribution >= 0.6 is 0 Å². The lowest BCUT2D eigenvalue weighted by Crippen LogP contribution is -2.37. The van der Waals surface area contributed by atoms with Crippen LogP contribution in [0.2, 0.25) is 19.6 Å². The number of hydrogen-bond donors (Lipinski definition) is 0. The SMILES string of the molecule is CC1=CC=C2C(=O)C(C)(CCC#CCCO[Si](C)(C)C)C=CC12C. The summed E-state index contributed by atoms with van der Waals surface area (Å²) in [6, 6.07) is 0. The van der Waals surface area contributed by atoms with Crippen molar-refractivity contribution in [2.45, 2.75) is 59.7 Å². The maximum absolute atomic E-state index is 12.9. The number of carbonyl (C=O) groups is 1. The van der Waals surface area contributed by atoms with Crippen LogP contribution < -0.4 is 0 Å². The molecule has 0 aromatic rings. The van der Waals surface area contributed by atoms with E-state index in [2.05, 4.69) is 63.6 Å². The lowest BCUT2D eigenvalue weighted by Gasteiger charge is -2.37. The van der Waals surface area contributed by atoms with Crippen LogP contribution in [0.1, 0.15) is 40.0 Å². The second-order valence-electron chi connectivity index (χ2n) is 8.28. The van der Waals surface area contributed by atoms with E-state index >= 15 is 0 Å². The van der Waals surface area contributed by atoms with Crippen molar-refractivity contribution in [3.8, 4) is 11.8 Å². The Morgan fingerprint density at radius 3 is 2.42 bits per heavy atom. The highest BCUT2D eigenvalue weighted by molar-refractivity contribution is 6.69. The smallest absolute Gasteiger partial charge is 0.183 e. The van der Waals surface area contributed by atoms with Gasteiger partial charge in [-0.2, -0.15) is 0 Å². The highest BCUT2D eigenvalue weighted by atomic mass is 28.4. The van der Waals surface area contributed by atoms with E-state index in [1.165, 1.54) is 5.57 Å². The molecule has 2 nitrogen and oxygen atoms in total. The molecule has 0 N–H and O–H groups in total. The van der Waals surface area contributed by atoms with Crippen molar-refractivity contribution in [3.63, 3.8) is 0 Å². The Morgan fingerprint density at radius 2 is 1.75 bits per heavy atom. The summed E-state index contributed by atoms with van der Waals surface area (Å²) in [5.41, 5.74) is 1.55. The van der Waals surface area contributed by atoms with Crippen molar-refractivity contribution in [1.82, 2.24) is 0 Å². The minimum atomic E-state index is -1.43. The predicted molar refractivity (Wildman–Crippen MR) is 103 cm³/mol. The van der Waals surface area contributed by atoms with Gasteiger partial charge in [-0.05, 0) is 46.8 Å². The summed E-state index contributed by atoms with van der Waals surface area (Å²) in [4.78, 5) is 12.9. The average Bonchev–Trinajstić information content (AvgIpc) is 2.78. The maximum atomic E-state index is 12.9. The number of carbonyl (C=O) groups excluding carboxylic acids is 1. The Balaban J connectivity index is 1.90. The molecule has 0 saturated carbocycles. The van der Waals surface area contributed by atoms with Crippen LogP contribution in [0, 0.1) is 22.7 Å². The van der Waals surface area contributed by atoms with Gasteiger partial charge >= 0.3 is 0 Å². The van der Waals surface area contributed by atoms with E-state index in [4.69, 9.17) is 4.43 Å². The zero-order chi connectivity index (χ0) is 18.0. The summed E-state index contributed by atoms with van der Waals surface area (Å²) >= 11 is 0. The van der Waals surface area contributed by atoms with Gasteiger partial charge in [0.1, 0.15) is 0 Å². The van der Waals surface area contributed by atoms with Crippen molar-refractivity contribution in [3.05, 3.63) is 35.5 Å². The predicted octanol–water partition coefficient (Wildman–Crippen LogP) is 5.05. The highest BCUT2D eigenvalue weighted by Crippen LogP contribution is 2.49. The molecule has 2 aliphatic carbocycles. The standard InChI is InChI=1S/C21H30O2Si/c1-17-11-12-18-19(22)20(2,14-15-21(17,18)3)13-9-7-8-10-16-23-24(4,5)6/h11-12,14-15H,9-10,13,16H2,1-6H3. The molecular weight excluding hydrogens is 312 g/mol. The third-order valence-electron chi connectivity index (χ3n) is 5.08. The van der Waals surface area contributed by atoms with Crippen molar-refractivity contribution < 1.29 is 9.22 Å².